The Hall–Kier alpha value is -0.910. The van der Waals surface area contributed by atoms with Crippen molar-refractivity contribution in [3.05, 3.63) is 0 Å². The number of hydrogen-bond acceptors (Lipinski definition) is 3. The van der Waals surface area contributed by atoms with E-state index in [1.165, 1.54) is 11.8 Å². The van der Waals surface area contributed by atoms with E-state index in [-0.39, 0.29) is 31.8 Å². The number of hydrogen-bond donors (Lipinski definition) is 1. The third-order valence-electron chi connectivity index (χ3n) is 4.14. The molecule has 1 unspecified atom stereocenters. The molecule has 1 amide bonds. The van der Waals surface area contributed by atoms with E-state index in [1.807, 2.05) is 0 Å². The van der Waals surface area contributed by atoms with Crippen LogP contribution >= 0.6 is 0 Å². The maximum absolute atomic E-state index is 13.3. The van der Waals surface area contributed by atoms with Gasteiger partial charge in [-0.3, -0.25) is 0 Å². The number of alkyl halides is 2. The van der Waals surface area contributed by atoms with Crippen molar-refractivity contribution in [2.45, 2.75) is 58.2 Å². The minimum Gasteiger partial charge on any atom is -0.444 e. The van der Waals surface area contributed by atoms with Crippen molar-refractivity contribution in [2.24, 2.45) is 11.3 Å². The highest BCUT2D eigenvalue weighted by atomic mass is 19.3. The molecule has 1 saturated carbocycles. The van der Waals surface area contributed by atoms with Crippen LogP contribution in [0.1, 0.15) is 40.5 Å². The summed E-state index contributed by atoms with van der Waals surface area (Å²) < 4.78 is 31.7. The van der Waals surface area contributed by atoms with Gasteiger partial charge in [-0.2, -0.15) is 0 Å². The molecular formula is C14H23F2NO3. The summed E-state index contributed by atoms with van der Waals surface area (Å²) in [7, 11) is 0. The molecule has 0 aromatic rings. The summed E-state index contributed by atoms with van der Waals surface area (Å²) >= 11 is 0. The molecule has 2 rings (SSSR count). The molecule has 1 aliphatic heterocycles. The van der Waals surface area contributed by atoms with Gasteiger partial charge in [0.2, 0.25) is 0 Å². The molecule has 1 saturated heterocycles. The van der Waals surface area contributed by atoms with Gasteiger partial charge in [0.25, 0.3) is 5.92 Å². The van der Waals surface area contributed by atoms with E-state index >= 15 is 0 Å². The van der Waals surface area contributed by atoms with Crippen molar-refractivity contribution in [1.29, 1.82) is 0 Å². The summed E-state index contributed by atoms with van der Waals surface area (Å²) in [5.41, 5.74) is -1.63. The van der Waals surface area contributed by atoms with Gasteiger partial charge in [0.15, 0.2) is 0 Å². The van der Waals surface area contributed by atoms with Gasteiger partial charge in [0.1, 0.15) is 5.60 Å². The highest BCUT2D eigenvalue weighted by molar-refractivity contribution is 5.68. The minimum atomic E-state index is -2.63. The van der Waals surface area contributed by atoms with Crippen LogP contribution in [0.3, 0.4) is 0 Å². The van der Waals surface area contributed by atoms with Gasteiger partial charge in [0, 0.05) is 24.3 Å². The Morgan fingerprint density at radius 1 is 1.40 bits per heavy atom. The number of carbonyl (C=O) groups excluding carboxylic acids is 1. The van der Waals surface area contributed by atoms with Crippen LogP contribution in [0.5, 0.6) is 0 Å². The standard InChI is InChI=1S/C14H23F2NO3/c1-12(2,3)20-11(19)17-6-9(10(18)7-17)5-13(4)8-14(13,15)16/h9-10,18H,5-8H2,1-4H3/t9-,10-,13?/m1/s1. The molecule has 1 aliphatic carbocycles. The zero-order valence-electron chi connectivity index (χ0n) is 12.4. The first-order chi connectivity index (χ1) is 8.94. The summed E-state index contributed by atoms with van der Waals surface area (Å²) in [6, 6.07) is 0. The number of rotatable bonds is 2. The Labute approximate surface area is 118 Å². The first-order valence-corrected chi connectivity index (χ1v) is 6.97. The lowest BCUT2D eigenvalue weighted by molar-refractivity contribution is 0.0269. The zero-order valence-corrected chi connectivity index (χ0v) is 12.4. The fourth-order valence-electron chi connectivity index (χ4n) is 2.78. The highest BCUT2D eigenvalue weighted by Gasteiger charge is 2.68. The van der Waals surface area contributed by atoms with Gasteiger partial charge in [0.05, 0.1) is 12.6 Å². The SMILES string of the molecule is CC(C)(C)OC(=O)N1C[C@@H](CC2(C)CC2(F)F)[C@H](O)C1. The maximum atomic E-state index is 13.3. The van der Waals surface area contributed by atoms with Gasteiger partial charge in [-0.1, -0.05) is 6.92 Å². The van der Waals surface area contributed by atoms with Crippen molar-refractivity contribution in [3.8, 4) is 0 Å². The molecule has 0 aromatic heterocycles. The number of likely N-dealkylation sites (tertiary alicyclic amines) is 1. The molecule has 2 fully saturated rings. The topological polar surface area (TPSA) is 49.8 Å². The average molecular weight is 291 g/mol. The summed E-state index contributed by atoms with van der Waals surface area (Å²) in [6.07, 6.45) is -1.14. The second-order valence-corrected chi connectivity index (χ2v) is 7.36. The number of β-amino-alcohol motifs (C(OH)–C–C–N with tert-alkyl or cyclic N) is 1. The van der Waals surface area contributed by atoms with Crippen LogP contribution in [0.15, 0.2) is 0 Å². The number of amides is 1. The Morgan fingerprint density at radius 3 is 2.40 bits per heavy atom. The van der Waals surface area contributed by atoms with Crippen LogP contribution in [0.4, 0.5) is 13.6 Å². The summed E-state index contributed by atoms with van der Waals surface area (Å²) in [4.78, 5) is 13.3. The van der Waals surface area contributed by atoms with E-state index in [9.17, 15) is 18.7 Å². The molecule has 3 atom stereocenters. The van der Waals surface area contributed by atoms with Gasteiger partial charge in [-0.25, -0.2) is 13.6 Å². The van der Waals surface area contributed by atoms with E-state index in [2.05, 4.69) is 0 Å². The Morgan fingerprint density at radius 2 is 1.95 bits per heavy atom. The number of nitrogens with zero attached hydrogens (tertiary/aromatic N) is 1. The molecule has 0 spiro atoms. The molecule has 2 aliphatic rings. The van der Waals surface area contributed by atoms with Crippen molar-refractivity contribution < 1.29 is 23.4 Å². The van der Waals surface area contributed by atoms with Crippen molar-refractivity contribution in [3.63, 3.8) is 0 Å². The monoisotopic (exact) mass is 291 g/mol. The van der Waals surface area contributed by atoms with E-state index in [1.54, 1.807) is 20.8 Å². The highest BCUT2D eigenvalue weighted by Crippen LogP contribution is 2.63. The second kappa shape index (κ2) is 4.55. The normalized spacial score (nSPS) is 36.0. The number of aliphatic hydroxyl groups is 1. The van der Waals surface area contributed by atoms with E-state index in [0.717, 1.165) is 0 Å². The minimum absolute atomic E-state index is 0.129. The molecular weight excluding hydrogens is 268 g/mol. The largest absolute Gasteiger partial charge is 0.444 e. The second-order valence-electron chi connectivity index (χ2n) is 7.36. The smallest absolute Gasteiger partial charge is 0.410 e. The zero-order chi connectivity index (χ0) is 15.3. The molecule has 0 bridgehead atoms. The number of halogens is 2. The van der Waals surface area contributed by atoms with E-state index in [4.69, 9.17) is 4.74 Å². The van der Waals surface area contributed by atoms with Crippen LogP contribution in [-0.2, 0) is 4.74 Å². The molecule has 20 heavy (non-hydrogen) atoms. The van der Waals surface area contributed by atoms with Gasteiger partial charge in [-0.05, 0) is 27.2 Å². The van der Waals surface area contributed by atoms with Crippen molar-refractivity contribution >= 4 is 6.09 Å². The predicted octanol–water partition coefficient (Wildman–Crippen LogP) is 2.65. The molecule has 4 nitrogen and oxygen atoms in total. The first-order valence-electron chi connectivity index (χ1n) is 6.97. The van der Waals surface area contributed by atoms with E-state index in [0.29, 0.717) is 0 Å². The molecule has 6 heteroatoms. The van der Waals surface area contributed by atoms with Crippen LogP contribution in [0.2, 0.25) is 0 Å². The number of ether oxygens (including phenoxy) is 1. The molecule has 0 aromatic carbocycles. The van der Waals surface area contributed by atoms with Crippen LogP contribution in [-0.4, -0.2) is 46.8 Å². The lowest BCUT2D eigenvalue weighted by atomic mass is 9.91. The average Bonchev–Trinajstić information content (AvgIpc) is 2.56. The van der Waals surface area contributed by atoms with Crippen LogP contribution in [0.25, 0.3) is 0 Å². The summed E-state index contributed by atoms with van der Waals surface area (Å²) in [6.45, 7) is 7.26. The van der Waals surface area contributed by atoms with Crippen molar-refractivity contribution in [1.82, 2.24) is 4.90 Å². The van der Waals surface area contributed by atoms with Crippen LogP contribution < -0.4 is 0 Å². The quantitative estimate of drug-likeness (QED) is 0.851. The number of aliphatic hydroxyl groups excluding tert-OH is 1. The summed E-state index contributed by atoms with van der Waals surface area (Å²) in [5, 5.41) is 9.97. The predicted molar refractivity (Wildman–Crippen MR) is 69.6 cm³/mol. The lowest BCUT2D eigenvalue weighted by Crippen LogP contribution is -2.35. The number of carbonyl (C=O) groups is 1. The fraction of sp³-hybridized carbons (Fsp3) is 0.929. The van der Waals surface area contributed by atoms with E-state index < -0.39 is 29.1 Å². The first kappa shape index (κ1) is 15.5. The lowest BCUT2D eigenvalue weighted by Gasteiger charge is -2.24. The van der Waals surface area contributed by atoms with Gasteiger partial charge < -0.3 is 14.7 Å². The van der Waals surface area contributed by atoms with Crippen molar-refractivity contribution in [2.75, 3.05) is 13.1 Å². The molecule has 1 heterocycles. The third kappa shape index (κ3) is 3.05. The van der Waals surface area contributed by atoms with Gasteiger partial charge in [-0.15, -0.1) is 0 Å². The van der Waals surface area contributed by atoms with Crippen LogP contribution in [0, 0.1) is 11.3 Å². The Balaban J connectivity index is 1.91. The Bertz CT molecular complexity index is 408. The summed E-state index contributed by atoms with van der Waals surface area (Å²) in [5.74, 6) is -2.94. The maximum Gasteiger partial charge on any atom is 0.410 e. The molecule has 116 valence electrons. The molecule has 1 N–H and O–H groups in total. The Kier molecular flexibility index (Phi) is 3.52. The fourth-order valence-corrected chi connectivity index (χ4v) is 2.78. The molecule has 0 radical (unpaired) electrons. The van der Waals surface area contributed by atoms with Gasteiger partial charge >= 0.3 is 6.09 Å². The third-order valence-corrected chi connectivity index (χ3v) is 4.14.